The summed E-state index contributed by atoms with van der Waals surface area (Å²) in [5, 5.41) is 17.1. The van der Waals surface area contributed by atoms with Crippen LogP contribution in [0, 0.1) is 12.3 Å². The van der Waals surface area contributed by atoms with Gasteiger partial charge in [-0.05, 0) is 43.4 Å². The van der Waals surface area contributed by atoms with Crippen LogP contribution in [0.2, 0.25) is 5.02 Å². The third kappa shape index (κ3) is 4.58. The third-order valence-corrected chi connectivity index (χ3v) is 4.26. The molecule has 0 aliphatic carbocycles. The lowest BCUT2D eigenvalue weighted by Crippen LogP contribution is -2.26. The predicted octanol–water partition coefficient (Wildman–Crippen LogP) is 3.36. The molecule has 0 radical (unpaired) electrons. The van der Waals surface area contributed by atoms with Gasteiger partial charge in [0, 0.05) is 18.8 Å². The molecule has 1 heterocycles. The Bertz CT molecular complexity index is 710. The van der Waals surface area contributed by atoms with Gasteiger partial charge in [-0.2, -0.15) is 5.10 Å². The SMILES string of the molecule is Cc1cc(C(=O)NCCCC(C)(C)CO)nn1-c1ccccc1Cl. The average Bonchev–Trinajstić information content (AvgIpc) is 2.94. The number of carbonyl (C=O) groups is 1. The van der Waals surface area contributed by atoms with Gasteiger partial charge >= 0.3 is 0 Å². The van der Waals surface area contributed by atoms with Crippen LogP contribution >= 0.6 is 11.6 Å². The summed E-state index contributed by atoms with van der Waals surface area (Å²) in [6.45, 7) is 6.59. The molecule has 130 valence electrons. The van der Waals surface area contributed by atoms with Crippen LogP contribution in [-0.2, 0) is 0 Å². The maximum Gasteiger partial charge on any atom is 0.271 e. The molecule has 1 aromatic heterocycles. The highest BCUT2D eigenvalue weighted by atomic mass is 35.5. The van der Waals surface area contributed by atoms with Crippen molar-refractivity contribution in [2.45, 2.75) is 33.6 Å². The number of para-hydroxylation sites is 1. The Labute approximate surface area is 147 Å². The molecule has 0 bridgehead atoms. The fourth-order valence-electron chi connectivity index (χ4n) is 2.39. The summed E-state index contributed by atoms with van der Waals surface area (Å²) < 4.78 is 1.67. The Kier molecular flexibility index (Phi) is 6.02. The van der Waals surface area contributed by atoms with Gasteiger partial charge in [0.1, 0.15) is 0 Å². The maximum atomic E-state index is 12.3. The Morgan fingerprint density at radius 3 is 2.75 bits per heavy atom. The maximum absolute atomic E-state index is 12.3. The minimum Gasteiger partial charge on any atom is -0.396 e. The van der Waals surface area contributed by atoms with E-state index in [0.29, 0.717) is 17.3 Å². The molecule has 0 aliphatic heterocycles. The Hall–Kier alpha value is -1.85. The number of hydrogen-bond donors (Lipinski definition) is 2. The van der Waals surface area contributed by atoms with E-state index >= 15 is 0 Å². The molecule has 1 amide bonds. The van der Waals surface area contributed by atoms with Crippen molar-refractivity contribution in [2.24, 2.45) is 5.41 Å². The van der Waals surface area contributed by atoms with Gasteiger partial charge < -0.3 is 10.4 Å². The van der Waals surface area contributed by atoms with Crippen LogP contribution in [0.15, 0.2) is 30.3 Å². The first-order valence-electron chi connectivity index (χ1n) is 8.05. The minimum atomic E-state index is -0.203. The fourth-order valence-corrected chi connectivity index (χ4v) is 2.61. The predicted molar refractivity (Wildman–Crippen MR) is 95.7 cm³/mol. The number of hydrogen-bond acceptors (Lipinski definition) is 3. The second-order valence-electron chi connectivity index (χ2n) is 6.72. The molecular formula is C18H24ClN3O2. The molecule has 0 spiro atoms. The summed E-state index contributed by atoms with van der Waals surface area (Å²) in [4.78, 5) is 12.3. The molecule has 0 fully saturated rings. The molecular weight excluding hydrogens is 326 g/mol. The average molecular weight is 350 g/mol. The van der Waals surface area contributed by atoms with Gasteiger partial charge in [0.05, 0.1) is 10.7 Å². The molecule has 0 unspecified atom stereocenters. The monoisotopic (exact) mass is 349 g/mol. The number of aromatic nitrogens is 2. The molecule has 2 N–H and O–H groups in total. The second-order valence-corrected chi connectivity index (χ2v) is 7.12. The number of benzene rings is 1. The first-order valence-corrected chi connectivity index (χ1v) is 8.42. The summed E-state index contributed by atoms with van der Waals surface area (Å²) in [6.07, 6.45) is 1.65. The van der Waals surface area contributed by atoms with E-state index in [9.17, 15) is 9.90 Å². The Balaban J connectivity index is 1.99. The topological polar surface area (TPSA) is 67.2 Å². The van der Waals surface area contributed by atoms with E-state index < -0.39 is 0 Å². The number of nitrogens with one attached hydrogen (secondary N) is 1. The van der Waals surface area contributed by atoms with Gasteiger partial charge in [-0.1, -0.05) is 37.6 Å². The van der Waals surface area contributed by atoms with Crippen molar-refractivity contribution in [3.05, 3.63) is 46.7 Å². The number of carbonyl (C=O) groups excluding carboxylic acids is 1. The van der Waals surface area contributed by atoms with Gasteiger partial charge in [-0.25, -0.2) is 4.68 Å². The first-order chi connectivity index (χ1) is 11.3. The number of nitrogens with zero attached hydrogens (tertiary/aromatic N) is 2. The van der Waals surface area contributed by atoms with Crippen LogP contribution in [0.25, 0.3) is 5.69 Å². The number of aliphatic hydroxyl groups is 1. The van der Waals surface area contributed by atoms with E-state index in [1.807, 2.05) is 39.0 Å². The minimum absolute atomic E-state index is 0.118. The van der Waals surface area contributed by atoms with Crippen molar-refractivity contribution >= 4 is 17.5 Å². The van der Waals surface area contributed by atoms with E-state index in [1.54, 1.807) is 16.8 Å². The van der Waals surface area contributed by atoms with Crippen LogP contribution in [0.4, 0.5) is 0 Å². The zero-order valence-electron chi connectivity index (χ0n) is 14.3. The molecule has 1 aromatic carbocycles. The first kappa shape index (κ1) is 18.5. The van der Waals surface area contributed by atoms with Crippen LogP contribution in [0.1, 0.15) is 42.9 Å². The van der Waals surface area contributed by atoms with E-state index in [4.69, 9.17) is 11.6 Å². The Morgan fingerprint density at radius 1 is 1.38 bits per heavy atom. The molecule has 0 aliphatic rings. The van der Waals surface area contributed by atoms with Crippen molar-refractivity contribution < 1.29 is 9.90 Å². The fraction of sp³-hybridized carbons (Fsp3) is 0.444. The molecule has 0 saturated heterocycles. The number of rotatable bonds is 7. The van der Waals surface area contributed by atoms with E-state index in [1.165, 1.54) is 0 Å². The zero-order valence-corrected chi connectivity index (χ0v) is 15.1. The van der Waals surface area contributed by atoms with Gasteiger partial charge in [-0.15, -0.1) is 0 Å². The summed E-state index contributed by atoms with van der Waals surface area (Å²) in [5.41, 5.74) is 1.84. The zero-order chi connectivity index (χ0) is 17.7. The quantitative estimate of drug-likeness (QED) is 0.753. The lowest BCUT2D eigenvalue weighted by molar-refractivity contribution is 0.0943. The molecule has 6 heteroatoms. The molecule has 5 nitrogen and oxygen atoms in total. The van der Waals surface area contributed by atoms with Crippen molar-refractivity contribution in [3.63, 3.8) is 0 Å². The van der Waals surface area contributed by atoms with Crippen molar-refractivity contribution in [2.75, 3.05) is 13.2 Å². The normalized spacial score (nSPS) is 11.5. The van der Waals surface area contributed by atoms with Gasteiger partial charge in [0.25, 0.3) is 5.91 Å². The van der Waals surface area contributed by atoms with Gasteiger partial charge in [-0.3, -0.25) is 4.79 Å². The molecule has 2 aromatic rings. The number of aliphatic hydroxyl groups excluding tert-OH is 1. The largest absolute Gasteiger partial charge is 0.396 e. The molecule has 0 atom stereocenters. The van der Waals surface area contributed by atoms with E-state index in [-0.39, 0.29) is 17.9 Å². The van der Waals surface area contributed by atoms with E-state index in [0.717, 1.165) is 24.2 Å². The summed E-state index contributed by atoms with van der Waals surface area (Å²) in [5.74, 6) is -0.203. The standard InChI is InChI=1S/C18H24ClN3O2/c1-13-11-15(17(24)20-10-6-9-18(2,3)12-23)21-22(13)16-8-5-4-7-14(16)19/h4-5,7-8,11,23H,6,9-10,12H2,1-3H3,(H,20,24). The lowest BCUT2D eigenvalue weighted by Gasteiger charge is -2.21. The Morgan fingerprint density at radius 2 is 2.08 bits per heavy atom. The van der Waals surface area contributed by atoms with Gasteiger partial charge in [0.15, 0.2) is 5.69 Å². The third-order valence-electron chi connectivity index (χ3n) is 3.94. The number of amides is 1. The van der Waals surface area contributed by atoms with Crippen molar-refractivity contribution in [1.29, 1.82) is 0 Å². The highest BCUT2D eigenvalue weighted by Gasteiger charge is 2.17. The van der Waals surface area contributed by atoms with Crippen LogP contribution in [-0.4, -0.2) is 33.9 Å². The lowest BCUT2D eigenvalue weighted by atomic mass is 9.89. The summed E-state index contributed by atoms with van der Waals surface area (Å²) in [7, 11) is 0. The van der Waals surface area contributed by atoms with Crippen molar-refractivity contribution in [3.8, 4) is 5.69 Å². The van der Waals surface area contributed by atoms with E-state index in [2.05, 4.69) is 10.4 Å². The molecule has 24 heavy (non-hydrogen) atoms. The van der Waals surface area contributed by atoms with Crippen LogP contribution in [0.5, 0.6) is 0 Å². The smallest absolute Gasteiger partial charge is 0.271 e. The number of aryl methyl sites for hydroxylation is 1. The van der Waals surface area contributed by atoms with Gasteiger partial charge in [0.2, 0.25) is 0 Å². The summed E-state index contributed by atoms with van der Waals surface area (Å²) in [6, 6.07) is 9.13. The highest BCUT2D eigenvalue weighted by Crippen LogP contribution is 2.22. The second kappa shape index (κ2) is 7.81. The van der Waals surface area contributed by atoms with Crippen LogP contribution < -0.4 is 5.32 Å². The summed E-state index contributed by atoms with van der Waals surface area (Å²) >= 11 is 6.20. The highest BCUT2D eigenvalue weighted by molar-refractivity contribution is 6.32. The van der Waals surface area contributed by atoms with Crippen LogP contribution in [0.3, 0.4) is 0 Å². The molecule has 2 rings (SSSR count). The number of halogens is 1. The van der Waals surface area contributed by atoms with Crippen molar-refractivity contribution in [1.82, 2.24) is 15.1 Å². The molecule has 0 saturated carbocycles.